The monoisotopic (exact) mass is 305 g/mol. The van der Waals surface area contributed by atoms with Crippen LogP contribution in [0.3, 0.4) is 0 Å². The second-order valence-electron chi connectivity index (χ2n) is 5.96. The number of unbranched alkanes of at least 4 members (excludes halogenated alkanes) is 4. The van der Waals surface area contributed by atoms with Gasteiger partial charge >= 0.3 is 5.97 Å². The molecule has 0 atom stereocenters. The number of aromatic carboxylic acids is 1. The summed E-state index contributed by atoms with van der Waals surface area (Å²) in [4.78, 5) is 17.5. The highest BCUT2D eigenvalue weighted by atomic mass is 16.4. The van der Waals surface area contributed by atoms with E-state index in [9.17, 15) is 4.79 Å². The van der Waals surface area contributed by atoms with Crippen LogP contribution in [-0.2, 0) is 0 Å². The molecule has 0 bridgehead atoms. The maximum Gasteiger partial charge on any atom is 0.354 e. The highest BCUT2D eigenvalue weighted by Crippen LogP contribution is 2.10. The molecule has 1 fully saturated rings. The van der Waals surface area contributed by atoms with Gasteiger partial charge in [-0.2, -0.15) is 0 Å². The van der Waals surface area contributed by atoms with Gasteiger partial charge in [-0.05, 0) is 57.5 Å². The Morgan fingerprint density at radius 2 is 1.86 bits per heavy atom. The molecule has 1 saturated heterocycles. The quantitative estimate of drug-likeness (QED) is 0.650. The Balaban J connectivity index is 1.48. The van der Waals surface area contributed by atoms with Gasteiger partial charge in [-0.15, -0.1) is 0 Å². The van der Waals surface area contributed by atoms with Gasteiger partial charge in [0.2, 0.25) is 0 Å². The molecule has 0 aliphatic carbocycles. The summed E-state index contributed by atoms with van der Waals surface area (Å²) < 4.78 is 0. The Morgan fingerprint density at radius 1 is 1.14 bits per heavy atom. The van der Waals surface area contributed by atoms with E-state index in [1.54, 1.807) is 6.07 Å². The van der Waals surface area contributed by atoms with Gasteiger partial charge in [0.25, 0.3) is 0 Å². The van der Waals surface area contributed by atoms with Crippen LogP contribution in [0, 0.1) is 0 Å². The first-order chi connectivity index (χ1) is 10.8. The topological polar surface area (TPSA) is 65.5 Å². The normalized spacial score (nSPS) is 15.1. The van der Waals surface area contributed by atoms with E-state index in [2.05, 4.69) is 15.2 Å². The number of carbonyl (C=O) groups is 1. The van der Waals surface area contributed by atoms with E-state index >= 15 is 0 Å². The van der Waals surface area contributed by atoms with Crippen molar-refractivity contribution in [2.75, 3.05) is 31.5 Å². The van der Waals surface area contributed by atoms with Gasteiger partial charge in [-0.25, -0.2) is 9.78 Å². The molecule has 0 amide bonds. The third-order valence-electron chi connectivity index (χ3n) is 4.12. The molecule has 0 radical (unpaired) electrons. The number of nitrogens with one attached hydrogen (secondary N) is 1. The first kappa shape index (κ1) is 16.7. The minimum absolute atomic E-state index is 0.0897. The maximum atomic E-state index is 10.8. The number of rotatable bonds is 10. The molecule has 122 valence electrons. The molecule has 0 unspecified atom stereocenters. The largest absolute Gasteiger partial charge is 0.477 e. The molecular formula is C17H27N3O2. The van der Waals surface area contributed by atoms with E-state index in [0.717, 1.165) is 13.0 Å². The Morgan fingerprint density at radius 3 is 2.64 bits per heavy atom. The predicted octanol–water partition coefficient (Wildman–Crippen LogP) is 3.24. The van der Waals surface area contributed by atoms with Crippen molar-refractivity contribution in [3.05, 3.63) is 23.9 Å². The molecular weight excluding hydrogens is 278 g/mol. The van der Waals surface area contributed by atoms with Crippen molar-refractivity contribution in [3.8, 4) is 0 Å². The van der Waals surface area contributed by atoms with Crippen molar-refractivity contribution >= 4 is 11.8 Å². The van der Waals surface area contributed by atoms with E-state index in [1.165, 1.54) is 64.2 Å². The van der Waals surface area contributed by atoms with Crippen LogP contribution >= 0.6 is 0 Å². The standard InChI is InChI=1S/C17H27N3O2/c21-17(22)15-9-8-10-16(19-15)18-11-4-2-1-3-5-12-20-13-6-7-14-20/h8-10H,1-7,11-14H2,(H,18,19)(H,21,22). The first-order valence-corrected chi connectivity index (χ1v) is 8.42. The number of hydrogen-bond acceptors (Lipinski definition) is 4. The van der Waals surface area contributed by atoms with Crippen molar-refractivity contribution in [2.45, 2.75) is 44.9 Å². The summed E-state index contributed by atoms with van der Waals surface area (Å²) in [6.07, 6.45) is 8.97. The molecule has 5 heteroatoms. The number of carboxylic acid groups (broad SMARTS) is 1. The Bertz CT molecular complexity index is 459. The molecule has 1 aliphatic rings. The molecule has 1 aromatic rings. The number of carboxylic acids is 1. The zero-order chi connectivity index (χ0) is 15.6. The fraction of sp³-hybridized carbons (Fsp3) is 0.647. The van der Waals surface area contributed by atoms with Gasteiger partial charge in [0.15, 0.2) is 5.69 Å². The van der Waals surface area contributed by atoms with Crippen molar-refractivity contribution in [2.24, 2.45) is 0 Å². The van der Waals surface area contributed by atoms with Crippen molar-refractivity contribution < 1.29 is 9.90 Å². The summed E-state index contributed by atoms with van der Waals surface area (Å²) in [6.45, 7) is 4.71. The average Bonchev–Trinajstić information content (AvgIpc) is 3.03. The molecule has 0 saturated carbocycles. The minimum atomic E-state index is -0.985. The molecule has 22 heavy (non-hydrogen) atoms. The van der Waals surface area contributed by atoms with Crippen molar-refractivity contribution in [1.29, 1.82) is 0 Å². The SMILES string of the molecule is O=C(O)c1cccc(NCCCCCCCN2CCCC2)n1. The second-order valence-corrected chi connectivity index (χ2v) is 5.96. The minimum Gasteiger partial charge on any atom is -0.477 e. The molecule has 0 spiro atoms. The molecule has 2 rings (SSSR count). The summed E-state index contributed by atoms with van der Waals surface area (Å²) in [5, 5.41) is 12.1. The van der Waals surface area contributed by atoms with E-state index in [-0.39, 0.29) is 5.69 Å². The fourth-order valence-corrected chi connectivity index (χ4v) is 2.87. The molecule has 5 nitrogen and oxygen atoms in total. The average molecular weight is 305 g/mol. The van der Waals surface area contributed by atoms with Gasteiger partial charge in [0, 0.05) is 6.54 Å². The number of pyridine rings is 1. The lowest BCUT2D eigenvalue weighted by Gasteiger charge is -2.13. The summed E-state index contributed by atoms with van der Waals surface area (Å²) >= 11 is 0. The molecule has 0 aromatic carbocycles. The van der Waals surface area contributed by atoms with Crippen LogP contribution in [0.5, 0.6) is 0 Å². The Labute approximate surface area is 132 Å². The summed E-state index contributed by atoms with van der Waals surface area (Å²) in [6, 6.07) is 5.04. The zero-order valence-electron chi connectivity index (χ0n) is 13.3. The second kappa shape index (κ2) is 9.41. The predicted molar refractivity (Wildman–Crippen MR) is 88.4 cm³/mol. The number of anilines is 1. The number of hydrogen-bond donors (Lipinski definition) is 2. The lowest BCUT2D eigenvalue weighted by molar-refractivity contribution is 0.0690. The Kier molecular flexibility index (Phi) is 7.16. The lowest BCUT2D eigenvalue weighted by Crippen LogP contribution is -2.20. The molecule has 1 aromatic heterocycles. The van der Waals surface area contributed by atoms with Gasteiger partial charge in [-0.3, -0.25) is 0 Å². The maximum absolute atomic E-state index is 10.8. The number of nitrogens with zero attached hydrogens (tertiary/aromatic N) is 2. The summed E-state index contributed by atoms with van der Waals surface area (Å²) in [7, 11) is 0. The van der Waals surface area contributed by atoms with Crippen LogP contribution < -0.4 is 5.32 Å². The van der Waals surface area contributed by atoms with Gasteiger partial charge in [0.1, 0.15) is 5.82 Å². The summed E-state index contributed by atoms with van der Waals surface area (Å²) in [5.74, 6) is -0.337. The van der Waals surface area contributed by atoms with E-state index in [1.807, 2.05) is 6.07 Å². The third-order valence-corrected chi connectivity index (χ3v) is 4.12. The summed E-state index contributed by atoms with van der Waals surface area (Å²) in [5.41, 5.74) is 0.0897. The van der Waals surface area contributed by atoms with Crippen LogP contribution in [0.2, 0.25) is 0 Å². The van der Waals surface area contributed by atoms with Crippen molar-refractivity contribution in [3.63, 3.8) is 0 Å². The first-order valence-electron chi connectivity index (χ1n) is 8.42. The number of likely N-dealkylation sites (tertiary alicyclic amines) is 1. The lowest BCUT2D eigenvalue weighted by atomic mass is 10.1. The van der Waals surface area contributed by atoms with Crippen LogP contribution in [0.1, 0.15) is 55.4 Å². The molecule has 2 heterocycles. The van der Waals surface area contributed by atoms with Crippen molar-refractivity contribution in [1.82, 2.24) is 9.88 Å². The van der Waals surface area contributed by atoms with E-state index < -0.39 is 5.97 Å². The Hall–Kier alpha value is -1.62. The number of aromatic nitrogens is 1. The van der Waals surface area contributed by atoms with Crippen LogP contribution in [0.25, 0.3) is 0 Å². The molecule has 1 aliphatic heterocycles. The highest BCUT2D eigenvalue weighted by Gasteiger charge is 2.09. The third kappa shape index (κ3) is 6.02. The zero-order valence-corrected chi connectivity index (χ0v) is 13.3. The van der Waals surface area contributed by atoms with Crippen LogP contribution in [0.15, 0.2) is 18.2 Å². The van der Waals surface area contributed by atoms with E-state index in [0.29, 0.717) is 5.82 Å². The van der Waals surface area contributed by atoms with Crippen LogP contribution in [-0.4, -0.2) is 47.1 Å². The molecule has 2 N–H and O–H groups in total. The fourth-order valence-electron chi connectivity index (χ4n) is 2.87. The highest BCUT2D eigenvalue weighted by molar-refractivity contribution is 5.85. The van der Waals surface area contributed by atoms with Gasteiger partial charge in [-0.1, -0.05) is 25.3 Å². The van der Waals surface area contributed by atoms with Gasteiger partial charge < -0.3 is 15.3 Å². The van der Waals surface area contributed by atoms with Crippen LogP contribution in [0.4, 0.5) is 5.82 Å². The van der Waals surface area contributed by atoms with Gasteiger partial charge in [0.05, 0.1) is 0 Å². The van der Waals surface area contributed by atoms with E-state index in [4.69, 9.17) is 5.11 Å². The smallest absolute Gasteiger partial charge is 0.354 e.